The number of rotatable bonds is 4. The van der Waals surface area contributed by atoms with Crippen LogP contribution in [0.3, 0.4) is 0 Å². The molecular weight excluding hydrogens is 269 g/mol. The van der Waals surface area contributed by atoms with E-state index in [1.165, 1.54) is 18.2 Å². The second kappa shape index (κ2) is 5.81. The Kier molecular flexibility index (Phi) is 4.13. The lowest BCUT2D eigenvalue weighted by molar-refractivity contribution is 0.359. The topological polar surface area (TPSA) is 62.7 Å². The zero-order valence-corrected chi connectivity index (χ0v) is 11.0. The van der Waals surface area contributed by atoms with Crippen LogP contribution in [-0.4, -0.2) is 10.1 Å². The molecule has 0 bridgehead atoms. The average Bonchev–Trinajstić information content (AvgIpc) is 2.77. The minimum absolute atomic E-state index is 0.141. The van der Waals surface area contributed by atoms with Gasteiger partial charge in [0.15, 0.2) is 0 Å². The molecule has 4 nitrogen and oxygen atoms in total. The number of halogens is 2. The molecule has 0 amide bonds. The summed E-state index contributed by atoms with van der Waals surface area (Å²) in [6, 6.07) is 6.08. The maximum atomic E-state index is 12.9. The summed E-state index contributed by atoms with van der Waals surface area (Å²) >= 11 is 5.92. The second-order valence-electron chi connectivity index (χ2n) is 4.31. The Hall–Kier alpha value is -1.93. The Balaban J connectivity index is 2.19. The van der Waals surface area contributed by atoms with Crippen molar-refractivity contribution in [2.75, 3.05) is 0 Å². The van der Waals surface area contributed by atoms with E-state index in [0.717, 1.165) is 0 Å². The molecule has 0 spiro atoms. The molecule has 0 aliphatic carbocycles. The van der Waals surface area contributed by atoms with Crippen LogP contribution in [0, 0.1) is 23.1 Å². The molecule has 1 atom stereocenters. The molecule has 6 heteroatoms. The first-order valence-corrected chi connectivity index (χ1v) is 6.13. The van der Waals surface area contributed by atoms with E-state index in [1.54, 1.807) is 0 Å². The molecule has 2 rings (SSSR count). The standard InChI is InChI=1S/C13H11ClFN3O/c1-8(4-5-16)6-12-17-13(18-19-12)10-3-2-9(15)7-11(10)14/h2-3,7-8H,4,6H2,1H3. The quantitative estimate of drug-likeness (QED) is 0.857. The van der Waals surface area contributed by atoms with Crippen molar-refractivity contribution < 1.29 is 8.91 Å². The van der Waals surface area contributed by atoms with Gasteiger partial charge in [-0.3, -0.25) is 0 Å². The molecule has 0 aliphatic heterocycles. The Morgan fingerprint density at radius 2 is 2.32 bits per heavy atom. The van der Waals surface area contributed by atoms with Crippen LogP contribution in [0.2, 0.25) is 5.02 Å². The number of nitriles is 1. The van der Waals surface area contributed by atoms with E-state index in [-0.39, 0.29) is 10.9 Å². The minimum atomic E-state index is -0.417. The molecule has 0 N–H and O–H groups in total. The highest BCUT2D eigenvalue weighted by Crippen LogP contribution is 2.26. The van der Waals surface area contributed by atoms with E-state index in [1.807, 2.05) is 6.92 Å². The first-order chi connectivity index (χ1) is 9.10. The van der Waals surface area contributed by atoms with Gasteiger partial charge >= 0.3 is 0 Å². The molecule has 1 aromatic heterocycles. The number of hydrogen-bond donors (Lipinski definition) is 0. The van der Waals surface area contributed by atoms with Crippen LogP contribution in [0.15, 0.2) is 22.7 Å². The molecule has 0 aliphatic rings. The largest absolute Gasteiger partial charge is 0.339 e. The van der Waals surface area contributed by atoms with Gasteiger partial charge in [-0.05, 0) is 24.1 Å². The smallest absolute Gasteiger partial charge is 0.227 e. The molecule has 0 radical (unpaired) electrons. The van der Waals surface area contributed by atoms with Crippen molar-refractivity contribution in [1.29, 1.82) is 5.26 Å². The van der Waals surface area contributed by atoms with Gasteiger partial charge in [0.25, 0.3) is 0 Å². The third kappa shape index (κ3) is 3.30. The fourth-order valence-corrected chi connectivity index (χ4v) is 1.90. The van der Waals surface area contributed by atoms with Crippen molar-refractivity contribution in [2.24, 2.45) is 5.92 Å². The lowest BCUT2D eigenvalue weighted by Gasteiger charge is -2.00. The van der Waals surface area contributed by atoms with Crippen LogP contribution in [0.25, 0.3) is 11.4 Å². The van der Waals surface area contributed by atoms with Crippen molar-refractivity contribution in [3.05, 3.63) is 34.9 Å². The molecule has 0 fully saturated rings. The third-order valence-electron chi connectivity index (χ3n) is 2.60. The van der Waals surface area contributed by atoms with Crippen LogP contribution in [0.4, 0.5) is 4.39 Å². The molecular formula is C13H11ClFN3O. The maximum absolute atomic E-state index is 12.9. The monoisotopic (exact) mass is 279 g/mol. The summed E-state index contributed by atoms with van der Waals surface area (Å²) in [7, 11) is 0. The normalized spacial score (nSPS) is 12.1. The molecule has 0 saturated carbocycles. The van der Waals surface area contributed by atoms with Crippen LogP contribution < -0.4 is 0 Å². The lowest BCUT2D eigenvalue weighted by Crippen LogP contribution is -1.98. The molecule has 2 aromatic rings. The van der Waals surface area contributed by atoms with Crippen LogP contribution in [0.5, 0.6) is 0 Å². The van der Waals surface area contributed by atoms with Gasteiger partial charge in [0.1, 0.15) is 5.82 Å². The summed E-state index contributed by atoms with van der Waals surface area (Å²) in [5, 5.41) is 12.6. The summed E-state index contributed by atoms with van der Waals surface area (Å²) in [5.74, 6) is 0.490. The van der Waals surface area contributed by atoms with E-state index in [4.69, 9.17) is 21.4 Å². The highest BCUT2D eigenvalue weighted by molar-refractivity contribution is 6.33. The van der Waals surface area contributed by atoms with Crippen molar-refractivity contribution in [3.63, 3.8) is 0 Å². The fourth-order valence-electron chi connectivity index (χ4n) is 1.64. The van der Waals surface area contributed by atoms with Gasteiger partial charge in [0, 0.05) is 18.4 Å². The first kappa shape index (κ1) is 13.5. The summed E-state index contributed by atoms with van der Waals surface area (Å²) < 4.78 is 18.0. The SMILES string of the molecule is CC(CC#N)Cc1nc(-c2ccc(F)cc2Cl)no1. The van der Waals surface area contributed by atoms with E-state index in [9.17, 15) is 4.39 Å². The Morgan fingerprint density at radius 1 is 1.53 bits per heavy atom. The highest BCUT2D eigenvalue weighted by atomic mass is 35.5. The zero-order chi connectivity index (χ0) is 13.8. The molecule has 1 aromatic carbocycles. The van der Waals surface area contributed by atoms with Crippen LogP contribution in [0.1, 0.15) is 19.2 Å². The number of nitrogens with zero attached hydrogens (tertiary/aromatic N) is 3. The minimum Gasteiger partial charge on any atom is -0.339 e. The van der Waals surface area contributed by atoms with Crippen molar-refractivity contribution in [1.82, 2.24) is 10.1 Å². The number of hydrogen-bond acceptors (Lipinski definition) is 4. The number of aromatic nitrogens is 2. The van der Waals surface area contributed by atoms with Crippen molar-refractivity contribution >= 4 is 11.6 Å². The Morgan fingerprint density at radius 3 is 3.00 bits per heavy atom. The van der Waals surface area contributed by atoms with Crippen LogP contribution in [-0.2, 0) is 6.42 Å². The van der Waals surface area contributed by atoms with Gasteiger partial charge in [-0.2, -0.15) is 10.2 Å². The van der Waals surface area contributed by atoms with E-state index < -0.39 is 5.82 Å². The highest BCUT2D eigenvalue weighted by Gasteiger charge is 2.14. The average molecular weight is 280 g/mol. The fraction of sp³-hybridized carbons (Fsp3) is 0.308. The molecule has 0 saturated heterocycles. The summed E-state index contributed by atoms with van der Waals surface area (Å²) in [6.07, 6.45) is 0.953. The zero-order valence-electron chi connectivity index (χ0n) is 10.2. The molecule has 1 unspecified atom stereocenters. The van der Waals surface area contributed by atoms with Crippen LogP contribution >= 0.6 is 11.6 Å². The molecule has 98 valence electrons. The van der Waals surface area contributed by atoms with Gasteiger partial charge in [0.2, 0.25) is 11.7 Å². The molecule has 19 heavy (non-hydrogen) atoms. The first-order valence-electron chi connectivity index (χ1n) is 5.75. The Bertz CT molecular complexity index is 621. The number of benzene rings is 1. The summed E-state index contributed by atoms with van der Waals surface area (Å²) in [6.45, 7) is 1.93. The maximum Gasteiger partial charge on any atom is 0.227 e. The van der Waals surface area contributed by atoms with Crippen molar-refractivity contribution in [2.45, 2.75) is 19.8 Å². The van der Waals surface area contributed by atoms with Gasteiger partial charge in [-0.1, -0.05) is 23.7 Å². The van der Waals surface area contributed by atoms with Gasteiger partial charge in [-0.15, -0.1) is 0 Å². The second-order valence-corrected chi connectivity index (χ2v) is 4.71. The van der Waals surface area contributed by atoms with E-state index in [0.29, 0.717) is 30.1 Å². The van der Waals surface area contributed by atoms with Gasteiger partial charge in [-0.25, -0.2) is 4.39 Å². The molecule has 1 heterocycles. The summed E-state index contributed by atoms with van der Waals surface area (Å²) in [5.41, 5.74) is 0.519. The Labute approximate surface area is 114 Å². The van der Waals surface area contributed by atoms with Crippen molar-refractivity contribution in [3.8, 4) is 17.5 Å². The predicted molar refractivity (Wildman–Crippen MR) is 67.8 cm³/mol. The van der Waals surface area contributed by atoms with E-state index in [2.05, 4.69) is 16.2 Å². The van der Waals surface area contributed by atoms with Gasteiger partial charge < -0.3 is 4.52 Å². The van der Waals surface area contributed by atoms with Gasteiger partial charge in [0.05, 0.1) is 11.1 Å². The summed E-state index contributed by atoms with van der Waals surface area (Å²) in [4.78, 5) is 4.20. The van der Waals surface area contributed by atoms with E-state index >= 15 is 0 Å². The third-order valence-corrected chi connectivity index (χ3v) is 2.92. The lowest BCUT2D eigenvalue weighted by atomic mass is 10.1. The predicted octanol–water partition coefficient (Wildman–Crippen LogP) is 3.62.